The molecular formula is C15H19BrN2O. The Morgan fingerprint density at radius 2 is 2.32 bits per heavy atom. The number of rotatable bonds is 3. The van der Waals surface area contributed by atoms with E-state index >= 15 is 0 Å². The average Bonchev–Trinajstić information content (AvgIpc) is 3.00. The molecule has 1 aromatic rings. The van der Waals surface area contributed by atoms with Crippen molar-refractivity contribution in [3.63, 3.8) is 0 Å². The van der Waals surface area contributed by atoms with Gasteiger partial charge in [-0.2, -0.15) is 0 Å². The largest absolute Gasteiger partial charge is 0.349 e. The molecule has 19 heavy (non-hydrogen) atoms. The van der Waals surface area contributed by atoms with Gasteiger partial charge >= 0.3 is 0 Å². The number of pyridine rings is 1. The van der Waals surface area contributed by atoms with Crippen LogP contribution in [0.5, 0.6) is 0 Å². The third-order valence-electron chi connectivity index (χ3n) is 4.78. The smallest absolute Gasteiger partial charge is 0.251 e. The van der Waals surface area contributed by atoms with Gasteiger partial charge in [0, 0.05) is 17.8 Å². The van der Waals surface area contributed by atoms with Crippen LogP contribution >= 0.6 is 15.9 Å². The molecule has 2 bridgehead atoms. The maximum Gasteiger partial charge on any atom is 0.251 e. The quantitative estimate of drug-likeness (QED) is 0.866. The zero-order valence-corrected chi connectivity index (χ0v) is 12.7. The molecule has 4 atom stereocenters. The molecule has 2 aliphatic rings. The summed E-state index contributed by atoms with van der Waals surface area (Å²) in [4.78, 5) is 16.3. The first-order chi connectivity index (χ1) is 9.13. The molecule has 2 aliphatic carbocycles. The summed E-state index contributed by atoms with van der Waals surface area (Å²) in [5.41, 5.74) is 0.678. The molecule has 0 saturated heterocycles. The maximum absolute atomic E-state index is 12.2. The maximum atomic E-state index is 12.2. The van der Waals surface area contributed by atoms with E-state index in [9.17, 15) is 4.79 Å². The topological polar surface area (TPSA) is 42.0 Å². The van der Waals surface area contributed by atoms with E-state index in [1.54, 1.807) is 18.3 Å². The lowest BCUT2D eigenvalue weighted by Gasteiger charge is -2.28. The Bertz CT molecular complexity index is 491. The molecule has 1 aromatic heterocycles. The third-order valence-corrected chi connectivity index (χ3v) is 5.22. The van der Waals surface area contributed by atoms with Crippen LogP contribution in [0.3, 0.4) is 0 Å². The Morgan fingerprint density at radius 3 is 2.95 bits per heavy atom. The van der Waals surface area contributed by atoms with Gasteiger partial charge < -0.3 is 5.32 Å². The monoisotopic (exact) mass is 322 g/mol. The minimum atomic E-state index is 0.0124. The summed E-state index contributed by atoms with van der Waals surface area (Å²) in [6.45, 7) is 2.15. The first kappa shape index (κ1) is 13.1. The van der Waals surface area contributed by atoms with Crippen molar-refractivity contribution in [2.24, 2.45) is 17.8 Å². The lowest BCUT2D eigenvalue weighted by molar-refractivity contribution is 0.0915. The molecule has 0 radical (unpaired) electrons. The molecule has 3 nitrogen and oxygen atoms in total. The van der Waals surface area contributed by atoms with Crippen molar-refractivity contribution in [1.29, 1.82) is 0 Å². The number of fused-ring (bicyclic) bond motifs is 2. The third kappa shape index (κ3) is 2.69. The van der Waals surface area contributed by atoms with Crippen LogP contribution < -0.4 is 5.32 Å². The highest BCUT2D eigenvalue weighted by atomic mass is 79.9. The van der Waals surface area contributed by atoms with Crippen molar-refractivity contribution in [1.82, 2.24) is 10.3 Å². The van der Waals surface area contributed by atoms with Crippen LogP contribution in [-0.4, -0.2) is 16.9 Å². The van der Waals surface area contributed by atoms with E-state index in [0.717, 1.165) is 11.8 Å². The second-order valence-electron chi connectivity index (χ2n) is 5.97. The molecule has 1 amide bonds. The molecule has 0 spiro atoms. The van der Waals surface area contributed by atoms with E-state index in [0.29, 0.717) is 16.1 Å². The van der Waals surface area contributed by atoms with Crippen molar-refractivity contribution in [3.05, 3.63) is 28.5 Å². The fourth-order valence-electron chi connectivity index (χ4n) is 3.85. The predicted octanol–water partition coefficient (Wildman–Crippen LogP) is 3.40. The van der Waals surface area contributed by atoms with E-state index < -0.39 is 0 Å². The number of aromatic nitrogens is 1. The van der Waals surface area contributed by atoms with Gasteiger partial charge in [0.2, 0.25) is 0 Å². The standard InChI is InChI=1S/C15H19BrN2O/c1-9(13-7-10-2-3-11(13)6-10)18-15(19)12-4-5-17-14(16)8-12/h4-5,8-11,13H,2-3,6-7H2,1H3,(H,18,19). The number of nitrogens with one attached hydrogen (secondary N) is 1. The Morgan fingerprint density at radius 1 is 1.47 bits per heavy atom. The van der Waals surface area contributed by atoms with Gasteiger partial charge in [0.25, 0.3) is 5.91 Å². The number of amides is 1. The van der Waals surface area contributed by atoms with Gasteiger partial charge in [-0.05, 0) is 72.0 Å². The first-order valence-electron chi connectivity index (χ1n) is 7.06. The number of hydrogen-bond acceptors (Lipinski definition) is 2. The van der Waals surface area contributed by atoms with Crippen molar-refractivity contribution in [2.75, 3.05) is 0 Å². The summed E-state index contributed by atoms with van der Waals surface area (Å²) in [6.07, 6.45) is 7.09. The Balaban J connectivity index is 1.63. The molecule has 102 valence electrons. The Hall–Kier alpha value is -0.900. The lowest BCUT2D eigenvalue weighted by atomic mass is 9.84. The number of carbonyl (C=O) groups excluding carboxylic acids is 1. The van der Waals surface area contributed by atoms with Crippen LogP contribution in [0.4, 0.5) is 0 Å². The lowest BCUT2D eigenvalue weighted by Crippen LogP contribution is -2.40. The SMILES string of the molecule is CC(NC(=O)c1ccnc(Br)c1)C1CC2CCC1C2. The van der Waals surface area contributed by atoms with Crippen molar-refractivity contribution >= 4 is 21.8 Å². The molecule has 0 aromatic carbocycles. The van der Waals surface area contributed by atoms with Crippen LogP contribution in [-0.2, 0) is 0 Å². The first-order valence-corrected chi connectivity index (χ1v) is 7.85. The van der Waals surface area contributed by atoms with Gasteiger partial charge in [-0.1, -0.05) is 6.42 Å². The highest BCUT2D eigenvalue weighted by molar-refractivity contribution is 9.10. The average molecular weight is 323 g/mol. The number of nitrogens with zero attached hydrogens (tertiary/aromatic N) is 1. The van der Waals surface area contributed by atoms with Crippen LogP contribution in [0.2, 0.25) is 0 Å². The van der Waals surface area contributed by atoms with E-state index in [1.807, 2.05) is 0 Å². The molecular weight excluding hydrogens is 304 g/mol. The van der Waals surface area contributed by atoms with Crippen molar-refractivity contribution in [3.8, 4) is 0 Å². The molecule has 3 rings (SSSR count). The fourth-order valence-corrected chi connectivity index (χ4v) is 4.21. The van der Waals surface area contributed by atoms with Crippen LogP contribution in [0.25, 0.3) is 0 Å². The predicted molar refractivity (Wildman–Crippen MR) is 77.8 cm³/mol. The van der Waals surface area contributed by atoms with Gasteiger partial charge in [0.1, 0.15) is 4.60 Å². The molecule has 4 heteroatoms. The zero-order valence-electron chi connectivity index (χ0n) is 11.1. The Labute approximate surface area is 122 Å². The molecule has 1 heterocycles. The second kappa shape index (κ2) is 5.23. The highest BCUT2D eigenvalue weighted by Gasteiger charge is 2.42. The summed E-state index contributed by atoms with van der Waals surface area (Å²) in [7, 11) is 0. The Kier molecular flexibility index (Phi) is 3.61. The normalized spacial score (nSPS) is 30.3. The molecule has 0 aliphatic heterocycles. The minimum Gasteiger partial charge on any atom is -0.349 e. The minimum absolute atomic E-state index is 0.0124. The van der Waals surface area contributed by atoms with Crippen LogP contribution in [0.1, 0.15) is 43.0 Å². The molecule has 2 saturated carbocycles. The summed E-state index contributed by atoms with van der Waals surface area (Å²) in [5.74, 6) is 2.44. The van der Waals surface area contributed by atoms with E-state index in [1.165, 1.54) is 25.7 Å². The molecule has 2 fully saturated rings. The summed E-state index contributed by atoms with van der Waals surface area (Å²) >= 11 is 3.30. The number of carbonyl (C=O) groups is 1. The number of halogens is 1. The second-order valence-corrected chi connectivity index (χ2v) is 6.78. The number of hydrogen-bond donors (Lipinski definition) is 1. The molecule has 4 unspecified atom stereocenters. The summed E-state index contributed by atoms with van der Waals surface area (Å²) in [6, 6.07) is 3.80. The highest BCUT2D eigenvalue weighted by Crippen LogP contribution is 2.49. The fraction of sp³-hybridized carbons (Fsp3) is 0.600. The van der Waals surface area contributed by atoms with E-state index in [-0.39, 0.29) is 11.9 Å². The summed E-state index contributed by atoms with van der Waals surface area (Å²) < 4.78 is 0.702. The van der Waals surface area contributed by atoms with Gasteiger partial charge in [0.05, 0.1) is 0 Å². The van der Waals surface area contributed by atoms with Gasteiger partial charge in [-0.15, -0.1) is 0 Å². The van der Waals surface area contributed by atoms with Gasteiger partial charge in [-0.3, -0.25) is 4.79 Å². The summed E-state index contributed by atoms with van der Waals surface area (Å²) in [5, 5.41) is 3.16. The molecule has 1 N–H and O–H groups in total. The van der Waals surface area contributed by atoms with Gasteiger partial charge in [0.15, 0.2) is 0 Å². The van der Waals surface area contributed by atoms with Crippen molar-refractivity contribution in [2.45, 2.75) is 38.6 Å². The van der Waals surface area contributed by atoms with Gasteiger partial charge in [-0.25, -0.2) is 4.98 Å². The van der Waals surface area contributed by atoms with Crippen LogP contribution in [0.15, 0.2) is 22.9 Å². The van der Waals surface area contributed by atoms with E-state index in [4.69, 9.17) is 0 Å². The van der Waals surface area contributed by atoms with Crippen LogP contribution in [0, 0.1) is 17.8 Å². The van der Waals surface area contributed by atoms with Crippen molar-refractivity contribution < 1.29 is 4.79 Å². The van der Waals surface area contributed by atoms with E-state index in [2.05, 4.69) is 33.2 Å². The zero-order chi connectivity index (χ0) is 13.4.